The molecule has 0 amide bonds. The number of carbonyl (C=O) groups excluding carboxylic acids is 2. The van der Waals surface area contributed by atoms with Gasteiger partial charge in [-0.3, -0.25) is 0 Å². The van der Waals surface area contributed by atoms with Gasteiger partial charge in [-0.1, -0.05) is 30.3 Å². The van der Waals surface area contributed by atoms with Gasteiger partial charge in [0, 0.05) is 6.54 Å². The third-order valence-electron chi connectivity index (χ3n) is 2.12. The Kier molecular flexibility index (Phi) is 17.0. The number of benzene rings is 1. The topological polar surface area (TPSA) is 173 Å². The van der Waals surface area contributed by atoms with Crippen LogP contribution in [0.1, 0.15) is 12.5 Å². The molecule has 128 valence electrons. The molecular weight excluding hydrogens is 475 g/mol. The van der Waals surface area contributed by atoms with E-state index in [2.05, 4.69) is 0 Å². The van der Waals surface area contributed by atoms with Gasteiger partial charge in [0.15, 0.2) is 0 Å². The minimum absolute atomic E-state index is 0. The summed E-state index contributed by atoms with van der Waals surface area (Å²) in [6.07, 6.45) is 0. The third kappa shape index (κ3) is 15.1. The van der Waals surface area contributed by atoms with Crippen LogP contribution in [-0.2, 0) is 36.2 Å². The van der Waals surface area contributed by atoms with Crippen molar-refractivity contribution in [2.45, 2.75) is 12.5 Å². The van der Waals surface area contributed by atoms with Crippen LogP contribution in [0.5, 0.6) is 0 Å². The van der Waals surface area contributed by atoms with Crippen LogP contribution in [0.25, 0.3) is 0 Å². The first-order valence-electron chi connectivity index (χ1n) is 5.87. The van der Waals surface area contributed by atoms with E-state index in [4.69, 9.17) is 41.5 Å². The maximum atomic E-state index is 9.01. The molecule has 0 aromatic heterocycles. The molecule has 1 aromatic rings. The molecule has 0 aliphatic rings. The summed E-state index contributed by atoms with van der Waals surface area (Å²) in [6.45, 7) is 0.624. The average molecular weight is 495 g/mol. The minimum atomic E-state index is -1.44. The number of aliphatic carboxylic acids is 2. The number of hydrogen-bond acceptors (Lipinski definition) is 8. The Bertz CT molecular complexity index is 400. The fraction of sp³-hybridized carbons (Fsp3) is 0.385. The predicted molar refractivity (Wildman–Crippen MR) is 71.2 cm³/mol. The maximum absolute atomic E-state index is 9.01. The molecule has 0 aliphatic heterocycles. The van der Waals surface area contributed by atoms with Gasteiger partial charge in [0.1, 0.15) is 0 Å². The summed E-state index contributed by atoms with van der Waals surface area (Å²) in [4.78, 5) is 18.0. The van der Waals surface area contributed by atoms with Crippen molar-refractivity contribution in [3.05, 3.63) is 35.9 Å². The van der Waals surface area contributed by atoms with Crippen molar-refractivity contribution in [2.24, 2.45) is 11.5 Å². The first-order chi connectivity index (χ1) is 9.71. The molecule has 1 rings (SSSR count). The number of carboxylic acids is 2. The van der Waals surface area contributed by atoms with Gasteiger partial charge in [0.25, 0.3) is 0 Å². The molecule has 0 bridgehead atoms. The van der Waals surface area contributed by atoms with Gasteiger partial charge in [0.2, 0.25) is 0 Å². The number of hydrogen-bond donors (Lipinski definition) is 4. The van der Waals surface area contributed by atoms with Crippen LogP contribution >= 0.6 is 0 Å². The number of carbonyl (C=O) groups is 2. The van der Waals surface area contributed by atoms with E-state index < -0.39 is 25.2 Å². The predicted octanol–water partition coefficient (Wildman–Crippen LogP) is -3.73. The van der Waals surface area contributed by atoms with E-state index in [1.54, 1.807) is 0 Å². The Balaban J connectivity index is -0.000000279. The van der Waals surface area contributed by atoms with Crippen molar-refractivity contribution in [1.82, 2.24) is 0 Å². The van der Waals surface area contributed by atoms with E-state index >= 15 is 0 Å². The van der Waals surface area contributed by atoms with E-state index in [-0.39, 0.29) is 26.6 Å². The zero-order chi connectivity index (χ0) is 16.9. The average Bonchev–Trinajstić information content (AvgIpc) is 2.49. The molecule has 0 saturated carbocycles. The second kappa shape index (κ2) is 14.6. The Labute approximate surface area is 143 Å². The quantitative estimate of drug-likeness (QED) is 0.330. The molecule has 0 aliphatic carbocycles. The van der Waals surface area contributed by atoms with Crippen LogP contribution in [0.4, 0.5) is 0 Å². The molecule has 1 unspecified atom stereocenters. The van der Waals surface area contributed by atoms with Crippen LogP contribution in [0.2, 0.25) is 0 Å². The van der Waals surface area contributed by atoms with Gasteiger partial charge in [-0.25, -0.2) is 0 Å². The van der Waals surface area contributed by atoms with E-state index in [1.807, 2.05) is 37.3 Å². The van der Waals surface area contributed by atoms with Gasteiger partial charge in [-0.05, 0) is 12.5 Å². The van der Waals surface area contributed by atoms with Crippen LogP contribution in [-0.4, -0.2) is 41.9 Å². The SMILES string of the molecule is CC(N)(CN)c1ccccc1.O=C([O-])CO.O=C([O-])CO.[Pt+2]. The van der Waals surface area contributed by atoms with E-state index in [1.165, 1.54) is 0 Å². The summed E-state index contributed by atoms with van der Waals surface area (Å²) >= 11 is 0. The van der Waals surface area contributed by atoms with Gasteiger partial charge in [-0.2, -0.15) is 0 Å². The Morgan fingerprint density at radius 3 is 1.64 bits per heavy atom. The summed E-state index contributed by atoms with van der Waals surface area (Å²) in [5.74, 6) is -2.88. The molecule has 22 heavy (non-hydrogen) atoms. The molecule has 1 atom stereocenters. The Morgan fingerprint density at radius 2 is 1.41 bits per heavy atom. The Hall–Kier alpha value is -1.31. The van der Waals surface area contributed by atoms with Crippen molar-refractivity contribution in [2.75, 3.05) is 19.8 Å². The number of aliphatic hydroxyl groups is 2. The molecule has 8 nitrogen and oxygen atoms in total. The molecule has 0 saturated heterocycles. The van der Waals surface area contributed by atoms with E-state index in [9.17, 15) is 0 Å². The van der Waals surface area contributed by atoms with Crippen molar-refractivity contribution >= 4 is 11.9 Å². The standard InChI is InChI=1S/C9H14N2.2C2H4O3.Pt/c1-9(11,7-10)8-5-3-2-4-6-8;2*3-1-2(4)5;/h2-6H,7,10-11H2,1H3;2*3H,1H2,(H,4,5);/q;;;+2/p-2. The van der Waals surface area contributed by atoms with Crippen molar-refractivity contribution < 1.29 is 51.1 Å². The minimum Gasteiger partial charge on any atom is -0.548 e. The fourth-order valence-electron chi connectivity index (χ4n) is 0.937. The second-order valence-electron chi connectivity index (χ2n) is 4.05. The molecule has 0 heterocycles. The monoisotopic (exact) mass is 495 g/mol. The van der Waals surface area contributed by atoms with Gasteiger partial charge >= 0.3 is 21.1 Å². The summed E-state index contributed by atoms with van der Waals surface area (Å²) in [5.41, 5.74) is 12.1. The number of aliphatic hydroxyl groups excluding tert-OH is 2. The summed E-state index contributed by atoms with van der Waals surface area (Å²) in [5, 5.41) is 33.0. The maximum Gasteiger partial charge on any atom is 2.00 e. The molecule has 9 heteroatoms. The van der Waals surface area contributed by atoms with Crippen LogP contribution in [0.15, 0.2) is 30.3 Å². The zero-order valence-electron chi connectivity index (χ0n) is 12.0. The summed E-state index contributed by atoms with van der Waals surface area (Å²) < 4.78 is 0. The zero-order valence-corrected chi connectivity index (χ0v) is 14.3. The van der Waals surface area contributed by atoms with Crippen LogP contribution < -0.4 is 21.7 Å². The molecule has 0 fully saturated rings. The fourth-order valence-corrected chi connectivity index (χ4v) is 0.937. The normalized spacial score (nSPS) is 11.3. The van der Waals surface area contributed by atoms with Crippen molar-refractivity contribution in [1.29, 1.82) is 0 Å². The molecule has 0 spiro atoms. The first-order valence-corrected chi connectivity index (χ1v) is 5.87. The van der Waals surface area contributed by atoms with Crippen LogP contribution in [0, 0.1) is 0 Å². The summed E-state index contributed by atoms with van der Waals surface area (Å²) in [6, 6.07) is 9.89. The van der Waals surface area contributed by atoms with E-state index in [0.29, 0.717) is 6.54 Å². The number of rotatable bonds is 4. The van der Waals surface area contributed by atoms with Gasteiger partial charge in [0.05, 0.1) is 30.7 Å². The van der Waals surface area contributed by atoms with Gasteiger partial charge < -0.3 is 41.5 Å². The molecular formula is C13H20N2O6Pt. The molecule has 6 N–H and O–H groups in total. The van der Waals surface area contributed by atoms with E-state index in [0.717, 1.165) is 5.56 Å². The molecule has 0 radical (unpaired) electrons. The second-order valence-corrected chi connectivity index (χ2v) is 4.05. The third-order valence-corrected chi connectivity index (χ3v) is 2.12. The first kappa shape index (κ1) is 25.6. The molecule has 1 aromatic carbocycles. The Morgan fingerprint density at radius 1 is 1.09 bits per heavy atom. The largest absolute Gasteiger partial charge is 2.00 e. The number of nitrogens with two attached hydrogens (primary N) is 2. The van der Waals surface area contributed by atoms with Crippen molar-refractivity contribution in [3.63, 3.8) is 0 Å². The van der Waals surface area contributed by atoms with Crippen LogP contribution in [0.3, 0.4) is 0 Å². The van der Waals surface area contributed by atoms with Crippen molar-refractivity contribution in [3.8, 4) is 0 Å². The number of carboxylic acid groups (broad SMARTS) is 2. The smallest absolute Gasteiger partial charge is 0.548 e. The van der Waals surface area contributed by atoms with Gasteiger partial charge in [-0.15, -0.1) is 0 Å². The summed E-state index contributed by atoms with van der Waals surface area (Å²) in [7, 11) is 0.